The molecule has 2 unspecified atom stereocenters. The van der Waals surface area contributed by atoms with Crippen molar-refractivity contribution in [3.63, 3.8) is 0 Å². The van der Waals surface area contributed by atoms with Crippen molar-refractivity contribution in [2.45, 2.75) is 18.5 Å². The standard InChI is InChI=1S/C12H14N4/c13-6-11(15)10(14)5-8-7-16-12-4-2-1-3-9(8)12/h1-4,7,10-11,16H,5,14-15H2. The van der Waals surface area contributed by atoms with Gasteiger partial charge in [0.2, 0.25) is 0 Å². The molecule has 0 aliphatic carbocycles. The third-order valence-electron chi connectivity index (χ3n) is 2.74. The lowest BCUT2D eigenvalue weighted by molar-refractivity contribution is 0.606. The third-order valence-corrected chi connectivity index (χ3v) is 2.74. The molecule has 0 saturated carbocycles. The van der Waals surface area contributed by atoms with Crippen molar-refractivity contribution in [1.29, 1.82) is 5.26 Å². The van der Waals surface area contributed by atoms with Crippen molar-refractivity contribution in [1.82, 2.24) is 4.98 Å². The number of aromatic amines is 1. The van der Waals surface area contributed by atoms with Crippen LogP contribution in [0.3, 0.4) is 0 Å². The number of hydrogen-bond donors (Lipinski definition) is 3. The number of benzene rings is 1. The quantitative estimate of drug-likeness (QED) is 0.708. The Labute approximate surface area is 93.9 Å². The minimum atomic E-state index is -0.617. The topological polar surface area (TPSA) is 91.6 Å². The summed E-state index contributed by atoms with van der Waals surface area (Å²) < 4.78 is 0. The first-order valence-corrected chi connectivity index (χ1v) is 5.18. The number of nitrogens with one attached hydrogen (secondary N) is 1. The van der Waals surface area contributed by atoms with E-state index in [0.29, 0.717) is 6.42 Å². The van der Waals surface area contributed by atoms with Gasteiger partial charge < -0.3 is 16.5 Å². The molecule has 0 saturated heterocycles. The average Bonchev–Trinajstić information content (AvgIpc) is 2.72. The number of nitrogens with zero attached hydrogens (tertiary/aromatic N) is 1. The van der Waals surface area contributed by atoms with Gasteiger partial charge in [-0.1, -0.05) is 18.2 Å². The maximum Gasteiger partial charge on any atom is 0.108 e. The second-order valence-corrected chi connectivity index (χ2v) is 3.88. The molecule has 0 bridgehead atoms. The van der Waals surface area contributed by atoms with Crippen molar-refractivity contribution < 1.29 is 0 Å². The molecule has 5 N–H and O–H groups in total. The van der Waals surface area contributed by atoms with Gasteiger partial charge in [0.15, 0.2) is 0 Å². The molecular weight excluding hydrogens is 200 g/mol. The number of H-pyrrole nitrogens is 1. The number of nitrogens with two attached hydrogens (primary N) is 2. The lowest BCUT2D eigenvalue weighted by atomic mass is 10.0. The van der Waals surface area contributed by atoms with E-state index in [9.17, 15) is 0 Å². The Kier molecular flexibility index (Phi) is 2.91. The van der Waals surface area contributed by atoms with Crippen molar-refractivity contribution >= 4 is 10.9 Å². The monoisotopic (exact) mass is 214 g/mol. The van der Waals surface area contributed by atoms with Crippen molar-refractivity contribution in [3.05, 3.63) is 36.0 Å². The SMILES string of the molecule is N#CC(N)C(N)Cc1c[nH]c2ccccc12. The van der Waals surface area contributed by atoms with E-state index in [0.717, 1.165) is 16.5 Å². The van der Waals surface area contributed by atoms with Crippen LogP contribution in [-0.2, 0) is 6.42 Å². The van der Waals surface area contributed by atoms with Crippen molar-refractivity contribution in [2.24, 2.45) is 11.5 Å². The Bertz CT molecular complexity index is 523. The molecule has 0 spiro atoms. The first kappa shape index (κ1) is 10.7. The summed E-state index contributed by atoms with van der Waals surface area (Å²) in [6.07, 6.45) is 2.54. The van der Waals surface area contributed by atoms with E-state index in [-0.39, 0.29) is 6.04 Å². The maximum atomic E-state index is 8.68. The van der Waals surface area contributed by atoms with E-state index >= 15 is 0 Å². The van der Waals surface area contributed by atoms with Crippen LogP contribution in [0.15, 0.2) is 30.5 Å². The van der Waals surface area contributed by atoms with Crippen molar-refractivity contribution in [3.8, 4) is 6.07 Å². The summed E-state index contributed by atoms with van der Waals surface area (Å²) >= 11 is 0. The highest BCUT2D eigenvalue weighted by molar-refractivity contribution is 5.83. The van der Waals surface area contributed by atoms with Gasteiger partial charge in [-0.2, -0.15) is 5.26 Å². The van der Waals surface area contributed by atoms with Gasteiger partial charge in [-0.3, -0.25) is 0 Å². The van der Waals surface area contributed by atoms with Gasteiger partial charge in [0.1, 0.15) is 6.04 Å². The molecule has 1 aromatic carbocycles. The normalized spacial score (nSPS) is 14.6. The number of hydrogen-bond acceptors (Lipinski definition) is 3. The lowest BCUT2D eigenvalue weighted by Gasteiger charge is -2.12. The molecule has 2 rings (SSSR count). The number of fused-ring (bicyclic) bond motifs is 1. The molecule has 2 aromatic rings. The van der Waals surface area contributed by atoms with E-state index in [1.807, 2.05) is 36.5 Å². The smallest absolute Gasteiger partial charge is 0.108 e. The van der Waals surface area contributed by atoms with E-state index < -0.39 is 6.04 Å². The average molecular weight is 214 g/mol. The second-order valence-electron chi connectivity index (χ2n) is 3.88. The number of rotatable bonds is 3. The van der Waals surface area contributed by atoms with Gasteiger partial charge in [0.25, 0.3) is 0 Å². The van der Waals surface area contributed by atoms with Crippen LogP contribution in [-0.4, -0.2) is 17.1 Å². The predicted molar refractivity (Wildman–Crippen MR) is 63.6 cm³/mol. The van der Waals surface area contributed by atoms with Gasteiger partial charge >= 0.3 is 0 Å². The summed E-state index contributed by atoms with van der Waals surface area (Å²) in [6, 6.07) is 9.02. The Hall–Kier alpha value is -1.83. The number of para-hydroxylation sites is 1. The molecular formula is C12H14N4. The van der Waals surface area contributed by atoms with E-state index in [1.165, 1.54) is 0 Å². The van der Waals surface area contributed by atoms with Crippen LogP contribution in [0.2, 0.25) is 0 Å². The van der Waals surface area contributed by atoms with Crippen LogP contribution in [0.4, 0.5) is 0 Å². The minimum Gasteiger partial charge on any atom is -0.361 e. The van der Waals surface area contributed by atoms with Crippen LogP contribution < -0.4 is 11.5 Å². The van der Waals surface area contributed by atoms with Gasteiger partial charge in [0.05, 0.1) is 6.07 Å². The van der Waals surface area contributed by atoms with Crippen LogP contribution in [0.5, 0.6) is 0 Å². The fourth-order valence-corrected chi connectivity index (χ4v) is 1.78. The molecule has 1 aromatic heterocycles. The summed E-state index contributed by atoms with van der Waals surface area (Å²) in [4.78, 5) is 3.17. The van der Waals surface area contributed by atoms with Gasteiger partial charge in [0, 0.05) is 23.1 Å². The highest BCUT2D eigenvalue weighted by Crippen LogP contribution is 2.18. The molecule has 82 valence electrons. The molecule has 2 atom stereocenters. The summed E-state index contributed by atoms with van der Waals surface area (Å²) in [6.45, 7) is 0. The zero-order valence-electron chi connectivity index (χ0n) is 8.85. The number of aromatic nitrogens is 1. The molecule has 4 heteroatoms. The van der Waals surface area contributed by atoms with E-state index in [1.54, 1.807) is 0 Å². The molecule has 1 heterocycles. The Morgan fingerprint density at radius 2 is 2.06 bits per heavy atom. The predicted octanol–water partition coefficient (Wildman–Crippen LogP) is 0.889. The molecule has 0 aliphatic heterocycles. The van der Waals surface area contributed by atoms with Crippen LogP contribution in [0.1, 0.15) is 5.56 Å². The summed E-state index contributed by atoms with van der Waals surface area (Å²) in [5.41, 5.74) is 13.6. The second kappa shape index (κ2) is 4.35. The van der Waals surface area contributed by atoms with E-state index in [2.05, 4.69) is 4.98 Å². The Balaban J connectivity index is 2.25. The highest BCUT2D eigenvalue weighted by Gasteiger charge is 2.14. The van der Waals surface area contributed by atoms with Gasteiger partial charge in [-0.05, 0) is 18.1 Å². The Morgan fingerprint density at radius 3 is 2.81 bits per heavy atom. The van der Waals surface area contributed by atoms with Crippen LogP contribution >= 0.6 is 0 Å². The maximum absolute atomic E-state index is 8.68. The highest BCUT2D eigenvalue weighted by atomic mass is 14.8. The fourth-order valence-electron chi connectivity index (χ4n) is 1.78. The fraction of sp³-hybridized carbons (Fsp3) is 0.250. The number of nitriles is 1. The zero-order valence-corrected chi connectivity index (χ0v) is 8.85. The Morgan fingerprint density at radius 1 is 1.31 bits per heavy atom. The zero-order chi connectivity index (χ0) is 11.5. The molecule has 16 heavy (non-hydrogen) atoms. The van der Waals surface area contributed by atoms with E-state index in [4.69, 9.17) is 16.7 Å². The van der Waals surface area contributed by atoms with Crippen LogP contribution in [0.25, 0.3) is 10.9 Å². The first-order valence-electron chi connectivity index (χ1n) is 5.18. The largest absolute Gasteiger partial charge is 0.361 e. The van der Waals surface area contributed by atoms with Crippen molar-refractivity contribution in [2.75, 3.05) is 0 Å². The van der Waals surface area contributed by atoms with Gasteiger partial charge in [-0.15, -0.1) is 0 Å². The first-order chi connectivity index (χ1) is 7.72. The third kappa shape index (κ3) is 1.91. The van der Waals surface area contributed by atoms with Gasteiger partial charge in [-0.25, -0.2) is 0 Å². The summed E-state index contributed by atoms with van der Waals surface area (Å²) in [5.74, 6) is 0. The summed E-state index contributed by atoms with van der Waals surface area (Å²) in [5, 5.41) is 9.83. The van der Waals surface area contributed by atoms with Crippen LogP contribution in [0, 0.1) is 11.3 Å². The molecule has 0 radical (unpaired) electrons. The molecule has 0 amide bonds. The summed E-state index contributed by atoms with van der Waals surface area (Å²) in [7, 11) is 0. The minimum absolute atomic E-state index is 0.329. The molecule has 0 aliphatic rings. The lowest BCUT2D eigenvalue weighted by Crippen LogP contribution is -2.41. The molecule has 4 nitrogen and oxygen atoms in total. The molecule has 0 fully saturated rings.